The molecular weight excluding hydrogens is 322 g/mol. The molecule has 0 spiro atoms. The highest BCUT2D eigenvalue weighted by Gasteiger charge is 2.45. The zero-order chi connectivity index (χ0) is 16.5. The van der Waals surface area contributed by atoms with Gasteiger partial charge in [-0.2, -0.15) is 5.10 Å². The van der Waals surface area contributed by atoms with Crippen LogP contribution in [0.5, 0.6) is 0 Å². The van der Waals surface area contributed by atoms with E-state index in [0.29, 0.717) is 0 Å². The Kier molecular flexibility index (Phi) is 4.38. The normalized spacial score (nSPS) is 25.8. The Labute approximate surface area is 147 Å². The summed E-state index contributed by atoms with van der Waals surface area (Å²) in [5.41, 5.74) is 3.12. The van der Waals surface area contributed by atoms with E-state index in [1.807, 2.05) is 54.4 Å². The average molecular weight is 340 g/mol. The number of hydrogen-bond donors (Lipinski definition) is 0. The van der Waals surface area contributed by atoms with E-state index in [4.69, 9.17) is 12.7 Å². The van der Waals surface area contributed by atoms with E-state index in [1.54, 1.807) is 0 Å². The zero-order valence-electron chi connectivity index (χ0n) is 13.4. The standard InChI is InChI=1S/C18H17FN2O2.Al.H/c1-12-17(16(22)11-13-7-9-14(19)10-8-13)18(23)21(20-12)15-5-3-2-4-6-15;;/h2-10,16-18H,11H2,1H3;;/q-2;+2;. The minimum atomic E-state index is -1.06. The second kappa shape index (κ2) is 6.66. The Hall–Kier alpha value is -1.71. The fourth-order valence-electron chi connectivity index (χ4n) is 3.40. The number of rotatable bonds is 3. The van der Waals surface area contributed by atoms with Crippen molar-refractivity contribution < 1.29 is 12.0 Å². The van der Waals surface area contributed by atoms with Crippen molar-refractivity contribution in [2.24, 2.45) is 11.0 Å². The van der Waals surface area contributed by atoms with E-state index in [2.05, 4.69) is 0 Å². The molecule has 3 unspecified atom stereocenters. The Bertz CT molecular complexity index is 738. The highest BCUT2D eigenvalue weighted by atomic mass is 27.2. The van der Waals surface area contributed by atoms with Crippen LogP contribution < -0.4 is 5.01 Å². The molecule has 1 saturated heterocycles. The smallest absolute Gasteiger partial charge is 0.478 e. The molecule has 0 bridgehead atoms. The van der Waals surface area contributed by atoms with Gasteiger partial charge in [0.1, 0.15) is 12.0 Å². The van der Waals surface area contributed by atoms with Crippen molar-refractivity contribution in [1.82, 2.24) is 0 Å². The number of hydrazone groups is 1. The second-order valence-corrected chi connectivity index (χ2v) is 7.06. The fourth-order valence-corrected chi connectivity index (χ4v) is 4.47. The van der Waals surface area contributed by atoms with Crippen LogP contribution in [-0.4, -0.2) is 33.9 Å². The lowest BCUT2D eigenvalue weighted by atomic mass is 9.91. The van der Waals surface area contributed by atoms with Crippen molar-refractivity contribution in [3.63, 3.8) is 0 Å². The third-order valence-corrected chi connectivity index (χ3v) is 5.63. The van der Waals surface area contributed by atoms with Crippen LogP contribution in [0.1, 0.15) is 12.5 Å². The molecule has 4 rings (SSSR count). The molecule has 2 aromatic rings. The maximum absolute atomic E-state index is 13.1. The monoisotopic (exact) mass is 340 g/mol. The Morgan fingerprint density at radius 3 is 2.58 bits per heavy atom. The van der Waals surface area contributed by atoms with Crippen LogP contribution in [0.25, 0.3) is 0 Å². The minimum Gasteiger partial charge on any atom is -0.478 e. The summed E-state index contributed by atoms with van der Waals surface area (Å²) in [4.78, 5) is 0. The van der Waals surface area contributed by atoms with Crippen molar-refractivity contribution in [3.8, 4) is 0 Å². The molecule has 2 aliphatic rings. The molecule has 2 aromatic carbocycles. The highest BCUT2D eigenvalue weighted by molar-refractivity contribution is 6.19. The first-order valence-corrected chi connectivity index (χ1v) is 9.25. The maximum atomic E-state index is 13.1. The van der Waals surface area contributed by atoms with Crippen LogP contribution in [0, 0.1) is 11.7 Å². The number of nitrogens with zero attached hydrogens (tertiary/aromatic N) is 2. The first kappa shape index (κ1) is 15.8. The van der Waals surface area contributed by atoms with Crippen molar-refractivity contribution in [2.45, 2.75) is 25.7 Å². The van der Waals surface area contributed by atoms with Gasteiger partial charge in [-0.05, 0) is 43.2 Å². The van der Waals surface area contributed by atoms with Crippen molar-refractivity contribution in [3.05, 3.63) is 66.0 Å². The van der Waals surface area contributed by atoms with Crippen LogP contribution in [0.15, 0.2) is 59.7 Å². The summed E-state index contributed by atoms with van der Waals surface area (Å²) in [6.07, 6.45) is 0.671. The maximum Gasteiger partial charge on any atom is 0.651 e. The van der Waals surface area contributed by atoms with E-state index >= 15 is 0 Å². The molecule has 2 aliphatic heterocycles. The van der Waals surface area contributed by atoms with Gasteiger partial charge in [-0.1, -0.05) is 30.3 Å². The molecule has 6 heteroatoms. The summed E-state index contributed by atoms with van der Waals surface area (Å²) in [5.74, 6) is -0.121. The number of anilines is 1. The molecule has 3 atom stereocenters. The summed E-state index contributed by atoms with van der Waals surface area (Å²) in [6.45, 7) is 2.03. The van der Waals surface area contributed by atoms with Gasteiger partial charge in [-0.25, -0.2) is 9.40 Å². The molecule has 0 N–H and O–H groups in total. The molecule has 24 heavy (non-hydrogen) atoms. The zero-order valence-corrected chi connectivity index (χ0v) is 14.8. The van der Waals surface area contributed by atoms with E-state index in [-0.39, 0.29) is 24.1 Å². The third kappa shape index (κ3) is 2.99. The lowest BCUT2D eigenvalue weighted by molar-refractivity contribution is 0.00898. The van der Waals surface area contributed by atoms with Gasteiger partial charge in [-0.15, -0.1) is 0 Å². The van der Waals surface area contributed by atoms with Gasteiger partial charge in [0.05, 0.1) is 11.6 Å². The number of para-hydroxylation sites is 1. The van der Waals surface area contributed by atoms with Gasteiger partial charge in [0.25, 0.3) is 0 Å². The molecule has 2 heterocycles. The van der Waals surface area contributed by atoms with E-state index in [0.717, 1.165) is 23.4 Å². The van der Waals surface area contributed by atoms with Crippen LogP contribution in [0.4, 0.5) is 10.1 Å². The largest absolute Gasteiger partial charge is 0.651 e. The van der Waals surface area contributed by atoms with Gasteiger partial charge < -0.3 is 7.58 Å². The van der Waals surface area contributed by atoms with E-state index in [1.165, 1.54) is 12.1 Å². The predicted molar refractivity (Wildman–Crippen MR) is 92.5 cm³/mol. The molecule has 0 amide bonds. The Morgan fingerprint density at radius 1 is 1.08 bits per heavy atom. The van der Waals surface area contributed by atoms with E-state index < -0.39 is 15.9 Å². The first-order valence-electron chi connectivity index (χ1n) is 8.09. The van der Waals surface area contributed by atoms with Crippen molar-refractivity contribution in [2.75, 3.05) is 5.01 Å². The summed E-state index contributed by atoms with van der Waals surface area (Å²) in [6, 6.07) is 16.7. The van der Waals surface area contributed by atoms with Crippen LogP contribution in [-0.2, 0) is 14.0 Å². The summed E-state index contributed by atoms with van der Waals surface area (Å²) < 4.78 is 25.1. The number of hydrogen-bond acceptors (Lipinski definition) is 4. The Balaban J connectivity index is 1.57. The lowest BCUT2D eigenvalue weighted by Crippen LogP contribution is -2.49. The number of benzene rings is 2. The van der Waals surface area contributed by atoms with Gasteiger partial charge in [0.15, 0.2) is 0 Å². The van der Waals surface area contributed by atoms with E-state index in [9.17, 15) is 4.39 Å². The third-order valence-electron chi connectivity index (χ3n) is 4.59. The topological polar surface area (TPSA) is 34.1 Å². The summed E-state index contributed by atoms with van der Waals surface area (Å²) in [7, 11) is 0. The first-order chi connectivity index (χ1) is 11.7. The molecule has 0 radical (unpaired) electrons. The Morgan fingerprint density at radius 2 is 1.83 bits per heavy atom. The average Bonchev–Trinajstić information content (AvgIpc) is 2.96. The van der Waals surface area contributed by atoms with Crippen molar-refractivity contribution >= 4 is 27.3 Å². The molecule has 1 fully saturated rings. The molecule has 0 aromatic heterocycles. The van der Waals surface area contributed by atoms with Gasteiger partial charge in [0.2, 0.25) is 0 Å². The fraction of sp³-hybridized carbons (Fsp3) is 0.278. The molecule has 4 nitrogen and oxygen atoms in total. The molecule has 122 valence electrons. The van der Waals surface area contributed by atoms with Gasteiger partial charge >= 0.3 is 15.9 Å². The molecule has 0 saturated carbocycles. The SMILES string of the molecule is CC1=NN(c2ccccc2)C2[O][AlH][O]C(Cc3ccc(F)cc3)C12. The van der Waals surface area contributed by atoms with Crippen LogP contribution >= 0.6 is 0 Å². The van der Waals surface area contributed by atoms with Crippen molar-refractivity contribution in [1.29, 1.82) is 0 Å². The predicted octanol–water partition coefficient (Wildman–Crippen LogP) is 2.89. The second-order valence-electron chi connectivity index (χ2n) is 6.16. The number of halogens is 1. The van der Waals surface area contributed by atoms with Crippen LogP contribution in [0.3, 0.4) is 0 Å². The molecule has 0 aliphatic carbocycles. The lowest BCUT2D eigenvalue weighted by Gasteiger charge is -2.38. The van der Waals surface area contributed by atoms with Crippen LogP contribution in [0.2, 0.25) is 0 Å². The quantitative estimate of drug-likeness (QED) is 0.806. The number of fused-ring (bicyclic) bond motifs is 1. The summed E-state index contributed by atoms with van der Waals surface area (Å²) >= 11 is -1.06. The summed E-state index contributed by atoms with van der Waals surface area (Å²) in [5, 5.41) is 6.68. The highest BCUT2D eigenvalue weighted by Crippen LogP contribution is 2.35. The van der Waals surface area contributed by atoms with Gasteiger partial charge in [0, 0.05) is 11.8 Å². The van der Waals surface area contributed by atoms with Gasteiger partial charge in [-0.3, -0.25) is 0 Å². The minimum absolute atomic E-state index is 0.0262. The molecular formula is C18H18AlFN2O2.